The predicted molar refractivity (Wildman–Crippen MR) is 98.0 cm³/mol. The molecule has 0 aliphatic heterocycles. The zero-order valence-electron chi connectivity index (χ0n) is 13.6. The fourth-order valence-corrected chi connectivity index (χ4v) is 4.82. The number of rotatable bonds is 6. The van der Waals surface area contributed by atoms with E-state index in [2.05, 4.69) is 0 Å². The predicted octanol–water partition coefficient (Wildman–Crippen LogP) is 2.66. The molecule has 0 saturated carbocycles. The van der Waals surface area contributed by atoms with Gasteiger partial charge < -0.3 is 0 Å². The number of nitro groups is 1. The summed E-state index contributed by atoms with van der Waals surface area (Å²) in [4.78, 5) is 9.51. The molecule has 0 unspecified atom stereocenters. The van der Waals surface area contributed by atoms with Crippen LogP contribution >= 0.6 is 0 Å². The molecule has 0 amide bonds. The van der Waals surface area contributed by atoms with Crippen molar-refractivity contribution in [3.8, 4) is 0 Å². The minimum Gasteiger partial charge on any atom is -0.258 e. The minimum atomic E-state index is -4.43. The molecule has 136 valence electrons. The average Bonchev–Trinajstić information content (AvgIpc) is 2.58. The van der Waals surface area contributed by atoms with Gasteiger partial charge >= 0.3 is 0 Å². The van der Waals surface area contributed by atoms with Gasteiger partial charge in [0.25, 0.3) is 5.70 Å². The second-order valence-corrected chi connectivity index (χ2v) is 9.14. The molecule has 2 aromatic carbocycles. The van der Waals surface area contributed by atoms with E-state index in [1.807, 2.05) is 0 Å². The van der Waals surface area contributed by atoms with Gasteiger partial charge in [-0.3, -0.25) is 10.1 Å². The lowest BCUT2D eigenvalue weighted by Crippen LogP contribution is -2.14. The van der Waals surface area contributed by atoms with Gasteiger partial charge in [0.1, 0.15) is 0 Å². The van der Waals surface area contributed by atoms with Crippen LogP contribution < -0.4 is 0 Å². The van der Waals surface area contributed by atoms with E-state index in [0.717, 1.165) is 12.3 Å². The van der Waals surface area contributed by atoms with Gasteiger partial charge in [-0.15, -0.1) is 0 Å². The Kier molecular flexibility index (Phi) is 5.73. The summed E-state index contributed by atoms with van der Waals surface area (Å²) >= 11 is 0. The molecule has 0 aliphatic rings. The van der Waals surface area contributed by atoms with Gasteiger partial charge in [0.2, 0.25) is 9.84 Å². The molecule has 7 nitrogen and oxygen atoms in total. The molecule has 9 heteroatoms. The number of nitrogens with zero attached hydrogens (tertiary/aromatic N) is 1. The Morgan fingerprint density at radius 2 is 1.42 bits per heavy atom. The quantitative estimate of drug-likeness (QED) is 0.424. The van der Waals surface area contributed by atoms with Crippen LogP contribution in [0.25, 0.3) is 6.08 Å². The molecule has 0 radical (unpaired) electrons. The molecule has 2 aromatic rings. The summed E-state index contributed by atoms with van der Waals surface area (Å²) in [6.45, 7) is 0. The van der Waals surface area contributed by atoms with Gasteiger partial charge in [0, 0.05) is 12.3 Å². The Hall–Kier alpha value is -2.78. The minimum absolute atomic E-state index is 0.240. The van der Waals surface area contributed by atoms with Crippen LogP contribution in [0, 0.1) is 10.1 Å². The zero-order valence-corrected chi connectivity index (χ0v) is 15.3. The molecule has 26 heavy (non-hydrogen) atoms. The van der Waals surface area contributed by atoms with Crippen molar-refractivity contribution < 1.29 is 21.8 Å². The largest absolute Gasteiger partial charge is 0.289 e. The van der Waals surface area contributed by atoms with Gasteiger partial charge in [0.15, 0.2) is 14.7 Å². The molecule has 0 spiro atoms. The van der Waals surface area contributed by atoms with E-state index >= 15 is 0 Å². The van der Waals surface area contributed by atoms with Crippen LogP contribution in [0.2, 0.25) is 0 Å². The van der Waals surface area contributed by atoms with Crippen molar-refractivity contribution >= 4 is 25.8 Å². The van der Waals surface area contributed by atoms with Gasteiger partial charge in [-0.25, -0.2) is 16.8 Å². The average molecular weight is 393 g/mol. The van der Waals surface area contributed by atoms with Crippen molar-refractivity contribution in [1.82, 2.24) is 0 Å². The summed E-state index contributed by atoms with van der Waals surface area (Å²) in [5, 5.41) is 12.0. The molecule has 0 fully saturated rings. The van der Waals surface area contributed by atoms with Gasteiger partial charge in [-0.2, -0.15) is 0 Å². The Bertz CT molecular complexity index is 1070. The third-order valence-corrected chi connectivity index (χ3v) is 5.83. The number of hydrogen-bond acceptors (Lipinski definition) is 6. The third kappa shape index (κ3) is 4.87. The van der Waals surface area contributed by atoms with Gasteiger partial charge in [0.05, 0.1) is 15.2 Å². The van der Waals surface area contributed by atoms with Gasteiger partial charge in [-0.05, 0) is 17.7 Å². The van der Waals surface area contributed by atoms with E-state index < -0.39 is 35.2 Å². The van der Waals surface area contributed by atoms with Crippen molar-refractivity contribution in [3.05, 3.63) is 92.4 Å². The zero-order chi connectivity index (χ0) is 19.4. The van der Waals surface area contributed by atoms with Crippen LogP contribution in [0.5, 0.6) is 0 Å². The second kappa shape index (κ2) is 7.63. The topological polar surface area (TPSA) is 111 Å². The van der Waals surface area contributed by atoms with Crippen molar-refractivity contribution in [3.63, 3.8) is 0 Å². The smallest absolute Gasteiger partial charge is 0.258 e. The molecule has 0 bridgehead atoms. The summed E-state index contributed by atoms with van der Waals surface area (Å²) in [6.07, 6.45) is 1.80. The van der Waals surface area contributed by atoms with E-state index in [0.29, 0.717) is 11.0 Å². The van der Waals surface area contributed by atoms with E-state index in [-0.39, 0.29) is 4.90 Å². The number of sulfone groups is 2. The highest BCUT2D eigenvalue weighted by atomic mass is 32.2. The van der Waals surface area contributed by atoms with Crippen LogP contribution in [0.4, 0.5) is 0 Å². The summed E-state index contributed by atoms with van der Waals surface area (Å²) < 4.78 is 49.2. The monoisotopic (exact) mass is 393 g/mol. The lowest BCUT2D eigenvalue weighted by molar-refractivity contribution is -0.418. The Balaban J connectivity index is 2.78. The van der Waals surface area contributed by atoms with Crippen LogP contribution in [-0.4, -0.2) is 28.0 Å². The van der Waals surface area contributed by atoms with Gasteiger partial charge in [-0.1, -0.05) is 48.5 Å². The molecule has 0 N–H and O–H groups in total. The van der Waals surface area contributed by atoms with Crippen molar-refractivity contribution in [2.24, 2.45) is 0 Å². The maximum atomic E-state index is 12.9. The lowest BCUT2D eigenvalue weighted by atomic mass is 10.2. The summed E-state index contributed by atoms with van der Waals surface area (Å²) in [7, 11) is -8.40. The number of hydrogen-bond donors (Lipinski definition) is 0. The SMILES string of the molecule is CS(=O)(=O)/C=C(\C(=C/c1ccccc1)[N+](=O)[O-])S(=O)(=O)c1ccccc1. The fourth-order valence-electron chi connectivity index (χ4n) is 2.10. The normalized spacial score (nSPS) is 13.4. The van der Waals surface area contributed by atoms with E-state index in [1.54, 1.807) is 24.3 Å². The van der Waals surface area contributed by atoms with Crippen LogP contribution in [0.1, 0.15) is 5.56 Å². The molecule has 2 rings (SSSR count). The molecule has 0 saturated heterocycles. The first-order chi connectivity index (χ1) is 12.1. The third-order valence-electron chi connectivity index (χ3n) is 3.22. The van der Waals surface area contributed by atoms with E-state index in [1.165, 1.54) is 36.4 Å². The molecule has 0 atom stereocenters. The highest BCUT2D eigenvalue weighted by molar-refractivity contribution is 7.98. The highest BCUT2D eigenvalue weighted by Gasteiger charge is 2.33. The summed E-state index contributed by atoms with van der Waals surface area (Å²) in [5.41, 5.74) is -0.465. The van der Waals surface area contributed by atoms with Crippen molar-refractivity contribution in [2.45, 2.75) is 4.90 Å². The number of benzene rings is 2. The van der Waals surface area contributed by atoms with Crippen LogP contribution in [-0.2, 0) is 19.7 Å². The first-order valence-electron chi connectivity index (χ1n) is 7.25. The lowest BCUT2D eigenvalue weighted by Gasteiger charge is -2.07. The molecule has 0 heterocycles. The maximum Gasteiger partial charge on any atom is 0.289 e. The Labute approximate surface area is 151 Å². The Morgan fingerprint density at radius 3 is 1.88 bits per heavy atom. The van der Waals surface area contributed by atoms with Crippen LogP contribution in [0.15, 0.2) is 81.6 Å². The summed E-state index contributed by atoms with van der Waals surface area (Å²) in [6, 6.07) is 15.0. The second-order valence-electron chi connectivity index (χ2n) is 5.33. The molecule has 0 aromatic heterocycles. The summed E-state index contributed by atoms with van der Waals surface area (Å²) in [5.74, 6) is 0. The first-order valence-corrected chi connectivity index (χ1v) is 10.7. The molecule has 0 aliphatic carbocycles. The van der Waals surface area contributed by atoms with E-state index in [4.69, 9.17) is 0 Å². The maximum absolute atomic E-state index is 12.9. The highest BCUT2D eigenvalue weighted by Crippen LogP contribution is 2.28. The van der Waals surface area contributed by atoms with Crippen molar-refractivity contribution in [2.75, 3.05) is 6.26 Å². The van der Waals surface area contributed by atoms with Crippen LogP contribution in [0.3, 0.4) is 0 Å². The molecular weight excluding hydrogens is 378 g/mol. The fraction of sp³-hybridized carbons (Fsp3) is 0.0588. The standard InChI is InChI=1S/C17H15NO6S2/c1-25(21,22)13-17(26(23,24)15-10-6-3-7-11-15)16(18(19)20)12-14-8-4-2-5-9-14/h2-13H,1H3/b16-12+,17-13+. The first kappa shape index (κ1) is 19.5. The van der Waals surface area contributed by atoms with E-state index in [9.17, 15) is 26.9 Å². The van der Waals surface area contributed by atoms with Crippen molar-refractivity contribution in [1.29, 1.82) is 0 Å². The molecular formula is C17H15NO6S2. The Morgan fingerprint density at radius 1 is 0.923 bits per heavy atom.